The monoisotopic (exact) mass is 465 g/mol. The van der Waals surface area contributed by atoms with Gasteiger partial charge < -0.3 is 9.64 Å². The molecule has 0 heterocycles. The second kappa shape index (κ2) is 17.0. The summed E-state index contributed by atoms with van der Waals surface area (Å²) in [4.78, 5) is 21.5. The molecule has 0 saturated heterocycles. The number of rotatable bonds is 17. The molecule has 0 aliphatic rings. The summed E-state index contributed by atoms with van der Waals surface area (Å²) >= 11 is 0. The van der Waals surface area contributed by atoms with E-state index in [2.05, 4.69) is 65.0 Å². The molecule has 2 rings (SSSR count). The van der Waals surface area contributed by atoms with E-state index < -0.39 is 0 Å². The maximum Gasteiger partial charge on any atom is 0.320 e. The minimum atomic E-state index is -0.145. The molecule has 2 aromatic carbocycles. The van der Waals surface area contributed by atoms with Gasteiger partial charge in [-0.25, -0.2) is 0 Å². The van der Waals surface area contributed by atoms with Crippen LogP contribution in [0.5, 0.6) is 0 Å². The Kier molecular flexibility index (Phi) is 13.9. The number of benzene rings is 2. The van der Waals surface area contributed by atoms with E-state index in [1.807, 2.05) is 31.3 Å². The molecule has 186 valence electrons. The molecule has 0 aromatic heterocycles. The van der Waals surface area contributed by atoms with Gasteiger partial charge >= 0.3 is 5.97 Å². The number of unbranched alkanes of at least 4 members (excludes halogenated alkanes) is 1. The highest BCUT2D eigenvalue weighted by molar-refractivity contribution is 5.79. The Morgan fingerprint density at radius 1 is 0.824 bits per heavy atom. The Labute approximate surface area is 206 Å². The maximum absolute atomic E-state index is 12.2. The third kappa shape index (κ3) is 11.6. The summed E-state index contributed by atoms with van der Waals surface area (Å²) in [7, 11) is 0. The van der Waals surface area contributed by atoms with E-state index in [0.29, 0.717) is 19.7 Å². The first-order valence-corrected chi connectivity index (χ1v) is 12.9. The van der Waals surface area contributed by atoms with Crippen LogP contribution in [0.1, 0.15) is 63.1 Å². The predicted molar refractivity (Wildman–Crippen MR) is 142 cm³/mol. The molecule has 0 aliphatic carbocycles. The zero-order valence-electron chi connectivity index (χ0n) is 21.4. The van der Waals surface area contributed by atoms with Crippen molar-refractivity contribution in [3.8, 4) is 0 Å². The van der Waals surface area contributed by atoms with Gasteiger partial charge in [-0.05, 0) is 75.5 Å². The molecular weight excluding hydrogens is 422 g/mol. The van der Waals surface area contributed by atoms with Crippen LogP contribution in [0.15, 0.2) is 59.6 Å². The molecule has 5 nitrogen and oxygen atoms in total. The Balaban J connectivity index is 1.87. The number of carbonyl (C=O) groups is 1. The third-order valence-corrected chi connectivity index (χ3v) is 5.68. The average Bonchev–Trinajstić information content (AvgIpc) is 2.84. The van der Waals surface area contributed by atoms with Crippen LogP contribution < -0.4 is 0 Å². The molecule has 0 bridgehead atoms. The zero-order chi connectivity index (χ0) is 24.4. The largest absolute Gasteiger partial charge is 0.465 e. The highest BCUT2D eigenvalue weighted by Gasteiger charge is 2.13. The Morgan fingerprint density at radius 3 is 2.06 bits per heavy atom. The van der Waals surface area contributed by atoms with Crippen LogP contribution in [-0.2, 0) is 22.6 Å². The van der Waals surface area contributed by atoms with Crippen LogP contribution in [-0.4, -0.2) is 61.3 Å². The highest BCUT2D eigenvalue weighted by atomic mass is 16.5. The third-order valence-electron chi connectivity index (χ3n) is 5.68. The molecular formula is C29H43N3O2. The van der Waals surface area contributed by atoms with Gasteiger partial charge in [0.1, 0.15) is 0 Å². The number of nitrogens with zero attached hydrogens (tertiary/aromatic N) is 3. The minimum Gasteiger partial charge on any atom is -0.465 e. The lowest BCUT2D eigenvalue weighted by atomic mass is 10.1. The predicted octanol–water partition coefficient (Wildman–Crippen LogP) is 5.57. The Morgan fingerprint density at radius 2 is 1.44 bits per heavy atom. The quantitative estimate of drug-likeness (QED) is 0.174. The molecule has 0 fully saturated rings. The molecule has 34 heavy (non-hydrogen) atoms. The lowest BCUT2D eigenvalue weighted by Crippen LogP contribution is -2.32. The van der Waals surface area contributed by atoms with Gasteiger partial charge in [0.05, 0.1) is 19.7 Å². The molecule has 0 spiro atoms. The van der Waals surface area contributed by atoms with Gasteiger partial charge in [-0.2, -0.15) is 0 Å². The molecule has 0 N–H and O–H groups in total. The van der Waals surface area contributed by atoms with Crippen molar-refractivity contribution in [1.29, 1.82) is 0 Å². The first kappa shape index (κ1) is 27.7. The van der Waals surface area contributed by atoms with Crippen molar-refractivity contribution in [2.24, 2.45) is 4.99 Å². The van der Waals surface area contributed by atoms with Gasteiger partial charge in [-0.1, -0.05) is 68.4 Å². The van der Waals surface area contributed by atoms with Gasteiger partial charge in [0.2, 0.25) is 0 Å². The lowest BCUT2D eigenvalue weighted by Gasteiger charge is -2.24. The average molecular weight is 466 g/mol. The molecule has 5 heteroatoms. The molecule has 0 radical (unpaired) electrons. The van der Waals surface area contributed by atoms with E-state index in [1.165, 1.54) is 37.1 Å². The van der Waals surface area contributed by atoms with Gasteiger partial charge in [0.15, 0.2) is 0 Å². The molecule has 0 aliphatic heterocycles. The van der Waals surface area contributed by atoms with E-state index in [9.17, 15) is 4.79 Å². The molecule has 0 saturated carbocycles. The lowest BCUT2D eigenvalue weighted by molar-refractivity contribution is -0.144. The topological polar surface area (TPSA) is 45.1 Å². The van der Waals surface area contributed by atoms with Crippen LogP contribution in [0.4, 0.5) is 0 Å². The van der Waals surface area contributed by atoms with E-state index >= 15 is 0 Å². The van der Waals surface area contributed by atoms with Crippen LogP contribution in [0, 0.1) is 0 Å². The van der Waals surface area contributed by atoms with Gasteiger partial charge in [-0.3, -0.25) is 14.7 Å². The van der Waals surface area contributed by atoms with Gasteiger partial charge in [-0.15, -0.1) is 0 Å². The minimum absolute atomic E-state index is 0.145. The summed E-state index contributed by atoms with van der Waals surface area (Å²) in [5, 5.41) is 0. The number of ether oxygens (including phenoxy) is 1. The second-order valence-electron chi connectivity index (χ2n) is 8.76. The van der Waals surface area contributed by atoms with E-state index in [-0.39, 0.29) is 5.97 Å². The summed E-state index contributed by atoms with van der Waals surface area (Å²) in [6.45, 7) is 12.9. The van der Waals surface area contributed by atoms with Gasteiger partial charge in [0, 0.05) is 12.8 Å². The Bertz CT molecular complexity index is 815. The van der Waals surface area contributed by atoms with Crippen LogP contribution in [0.2, 0.25) is 0 Å². The SMILES string of the molecule is CCCN(CCC)CCCCN(CC(=O)OCC)Cc1ccc(CN=Cc2ccccc2)cc1. The fourth-order valence-corrected chi connectivity index (χ4v) is 4.05. The van der Waals surface area contributed by atoms with Crippen molar-refractivity contribution in [2.45, 2.75) is 59.5 Å². The first-order chi connectivity index (χ1) is 16.6. The molecule has 0 unspecified atom stereocenters. The fraction of sp³-hybridized carbons (Fsp3) is 0.517. The van der Waals surface area contributed by atoms with Crippen molar-refractivity contribution in [1.82, 2.24) is 9.80 Å². The summed E-state index contributed by atoms with van der Waals surface area (Å²) in [6.07, 6.45) is 6.54. The van der Waals surface area contributed by atoms with Crippen LogP contribution in [0.25, 0.3) is 0 Å². The summed E-state index contributed by atoms with van der Waals surface area (Å²) in [5.74, 6) is -0.145. The number of hydrogen-bond donors (Lipinski definition) is 0. The van der Waals surface area contributed by atoms with E-state index in [1.54, 1.807) is 0 Å². The zero-order valence-corrected chi connectivity index (χ0v) is 21.4. The molecule has 0 atom stereocenters. The fourth-order valence-electron chi connectivity index (χ4n) is 4.05. The summed E-state index contributed by atoms with van der Waals surface area (Å²) < 4.78 is 5.21. The number of esters is 1. The van der Waals surface area contributed by atoms with E-state index in [4.69, 9.17) is 4.74 Å². The Hall–Kier alpha value is -2.50. The summed E-state index contributed by atoms with van der Waals surface area (Å²) in [6, 6.07) is 18.7. The maximum atomic E-state index is 12.2. The van der Waals surface area contributed by atoms with Crippen molar-refractivity contribution < 1.29 is 9.53 Å². The normalized spacial score (nSPS) is 11.6. The van der Waals surface area contributed by atoms with Gasteiger partial charge in [0.25, 0.3) is 0 Å². The van der Waals surface area contributed by atoms with Crippen LogP contribution in [0.3, 0.4) is 0 Å². The first-order valence-electron chi connectivity index (χ1n) is 12.9. The van der Waals surface area contributed by atoms with E-state index in [0.717, 1.165) is 38.0 Å². The molecule has 0 amide bonds. The standard InChI is InChI=1S/C29H43N3O2/c1-4-18-31(19-5-2)20-10-11-21-32(25-29(33)34-6-3)24-28-16-14-27(15-17-28)23-30-22-26-12-8-7-9-13-26/h7-9,12-17,22H,4-6,10-11,18-21,23-25H2,1-3H3. The van der Waals surface area contributed by atoms with Crippen LogP contribution >= 0.6 is 0 Å². The molecule has 2 aromatic rings. The number of aliphatic imine (C=N–C) groups is 1. The summed E-state index contributed by atoms with van der Waals surface area (Å²) in [5.41, 5.74) is 3.50. The van der Waals surface area contributed by atoms with Crippen molar-refractivity contribution in [3.63, 3.8) is 0 Å². The van der Waals surface area contributed by atoms with Crippen molar-refractivity contribution >= 4 is 12.2 Å². The number of carbonyl (C=O) groups excluding carboxylic acids is 1. The van der Waals surface area contributed by atoms with Crippen molar-refractivity contribution in [3.05, 3.63) is 71.3 Å². The second-order valence-corrected chi connectivity index (χ2v) is 8.76. The number of hydrogen-bond acceptors (Lipinski definition) is 5. The van der Waals surface area contributed by atoms with Crippen molar-refractivity contribution in [2.75, 3.05) is 39.3 Å². The smallest absolute Gasteiger partial charge is 0.320 e. The highest BCUT2D eigenvalue weighted by Crippen LogP contribution is 2.11.